The van der Waals surface area contributed by atoms with Crippen molar-refractivity contribution in [3.05, 3.63) is 29.0 Å². The third-order valence-electron chi connectivity index (χ3n) is 3.64. The van der Waals surface area contributed by atoms with Crippen molar-refractivity contribution in [1.82, 2.24) is 10.3 Å². The quantitative estimate of drug-likeness (QED) is 0.789. The Morgan fingerprint density at radius 3 is 2.81 bits per heavy atom. The molecule has 1 saturated carbocycles. The Bertz CT molecular complexity index is 445. The van der Waals surface area contributed by atoms with Crippen LogP contribution in [0.4, 0.5) is 0 Å². The van der Waals surface area contributed by atoms with Gasteiger partial charge in [-0.3, -0.25) is 4.79 Å². The van der Waals surface area contributed by atoms with Crippen LogP contribution in [-0.2, 0) is 4.74 Å². The van der Waals surface area contributed by atoms with Crippen LogP contribution >= 0.6 is 11.6 Å². The number of hydrogen-bond acceptors (Lipinski definition) is 4. The van der Waals surface area contributed by atoms with Gasteiger partial charge in [-0.25, -0.2) is 4.98 Å². The molecule has 2 rings (SSSR count). The van der Waals surface area contributed by atoms with Gasteiger partial charge in [-0.05, 0) is 44.2 Å². The maximum Gasteiger partial charge on any atom is 0.269 e. The number of aromatic nitrogens is 1. The first kappa shape index (κ1) is 16.2. The lowest BCUT2D eigenvalue weighted by Crippen LogP contribution is -2.31. The van der Waals surface area contributed by atoms with Crippen molar-refractivity contribution in [2.75, 3.05) is 13.2 Å². The molecule has 1 amide bonds. The first-order chi connectivity index (χ1) is 10.1. The number of carbonyl (C=O) groups excluding carboxylic acids is 1. The lowest BCUT2D eigenvalue weighted by atomic mass is 9.94. The second-order valence-corrected chi connectivity index (χ2v) is 5.82. The Morgan fingerprint density at radius 2 is 2.14 bits per heavy atom. The molecule has 3 N–H and O–H groups in total. The molecule has 1 aromatic heterocycles. The van der Waals surface area contributed by atoms with E-state index < -0.39 is 0 Å². The average molecular weight is 312 g/mol. The number of nitrogens with one attached hydrogen (secondary N) is 1. The highest BCUT2D eigenvalue weighted by molar-refractivity contribution is 6.30. The van der Waals surface area contributed by atoms with Gasteiger partial charge in [0.15, 0.2) is 0 Å². The van der Waals surface area contributed by atoms with Crippen molar-refractivity contribution in [2.24, 2.45) is 5.73 Å². The average Bonchev–Trinajstić information content (AvgIpc) is 2.49. The molecule has 1 heterocycles. The highest BCUT2D eigenvalue weighted by atomic mass is 35.5. The summed E-state index contributed by atoms with van der Waals surface area (Å²) in [6.45, 7) is 1.24. The van der Waals surface area contributed by atoms with Crippen LogP contribution in [0.1, 0.15) is 42.6 Å². The lowest BCUT2D eigenvalue weighted by Gasteiger charge is -2.26. The molecule has 0 aliphatic heterocycles. The van der Waals surface area contributed by atoms with Crippen molar-refractivity contribution in [2.45, 2.75) is 44.2 Å². The summed E-state index contributed by atoms with van der Waals surface area (Å²) in [4.78, 5) is 15.8. The Kier molecular flexibility index (Phi) is 6.42. The van der Waals surface area contributed by atoms with Crippen molar-refractivity contribution in [3.63, 3.8) is 0 Å². The van der Waals surface area contributed by atoms with Gasteiger partial charge in [0.05, 0.1) is 11.1 Å². The van der Waals surface area contributed by atoms with Crippen LogP contribution in [-0.4, -0.2) is 36.2 Å². The number of hydrogen-bond donors (Lipinski definition) is 2. The lowest BCUT2D eigenvalue weighted by molar-refractivity contribution is 0.0241. The number of nitrogens with two attached hydrogens (primary N) is 1. The third-order valence-corrected chi connectivity index (χ3v) is 3.86. The van der Waals surface area contributed by atoms with E-state index in [9.17, 15) is 4.79 Å². The van der Waals surface area contributed by atoms with E-state index in [1.807, 2.05) is 0 Å². The Morgan fingerprint density at radius 1 is 1.38 bits per heavy atom. The fourth-order valence-corrected chi connectivity index (χ4v) is 2.49. The van der Waals surface area contributed by atoms with E-state index >= 15 is 0 Å². The molecule has 1 aliphatic carbocycles. The van der Waals surface area contributed by atoms with E-state index in [0.29, 0.717) is 36.0 Å². The van der Waals surface area contributed by atoms with E-state index in [-0.39, 0.29) is 5.91 Å². The molecule has 0 spiro atoms. The summed E-state index contributed by atoms with van der Waals surface area (Å²) in [6, 6.07) is 3.61. The van der Waals surface area contributed by atoms with Gasteiger partial charge in [0.2, 0.25) is 0 Å². The summed E-state index contributed by atoms with van der Waals surface area (Å²) in [6.07, 6.45) is 6.77. The largest absolute Gasteiger partial charge is 0.378 e. The number of ether oxygens (including phenoxy) is 1. The molecule has 21 heavy (non-hydrogen) atoms. The van der Waals surface area contributed by atoms with E-state index in [1.54, 1.807) is 12.1 Å². The second-order valence-electron chi connectivity index (χ2n) is 5.38. The minimum atomic E-state index is -0.185. The molecule has 0 unspecified atom stereocenters. The molecule has 1 aliphatic rings. The van der Waals surface area contributed by atoms with Crippen LogP contribution in [0, 0.1) is 0 Å². The van der Waals surface area contributed by atoms with E-state index in [4.69, 9.17) is 22.1 Å². The fourth-order valence-electron chi connectivity index (χ4n) is 2.38. The minimum absolute atomic E-state index is 0.185. The summed E-state index contributed by atoms with van der Waals surface area (Å²) in [5.41, 5.74) is 6.23. The zero-order valence-corrected chi connectivity index (χ0v) is 12.8. The summed E-state index contributed by atoms with van der Waals surface area (Å²) in [7, 11) is 0. The van der Waals surface area contributed by atoms with E-state index in [1.165, 1.54) is 6.20 Å². The number of carbonyl (C=O) groups is 1. The molecular formula is C15H22ClN3O2. The standard InChI is InChI=1S/C15H22ClN3O2/c16-11-2-7-14(19-10-11)15(20)18-8-1-9-21-13-5-3-12(17)4-6-13/h2,7,10,12-13H,1,3-6,8-9,17H2,(H,18,20). The number of amides is 1. The topological polar surface area (TPSA) is 77.2 Å². The molecule has 116 valence electrons. The van der Waals surface area contributed by atoms with Gasteiger partial charge in [-0.15, -0.1) is 0 Å². The molecule has 0 aromatic carbocycles. The maximum atomic E-state index is 11.8. The first-order valence-electron chi connectivity index (χ1n) is 7.42. The highest BCUT2D eigenvalue weighted by Crippen LogP contribution is 2.19. The van der Waals surface area contributed by atoms with Crippen molar-refractivity contribution < 1.29 is 9.53 Å². The summed E-state index contributed by atoms with van der Waals surface area (Å²) in [5.74, 6) is -0.185. The van der Waals surface area contributed by atoms with Gasteiger partial charge in [-0.1, -0.05) is 11.6 Å². The minimum Gasteiger partial charge on any atom is -0.378 e. The summed E-state index contributed by atoms with van der Waals surface area (Å²) >= 11 is 5.73. The zero-order valence-electron chi connectivity index (χ0n) is 12.1. The predicted molar refractivity (Wildman–Crippen MR) is 82.4 cm³/mol. The molecule has 0 bridgehead atoms. The first-order valence-corrected chi connectivity index (χ1v) is 7.80. The second kappa shape index (κ2) is 8.32. The van der Waals surface area contributed by atoms with E-state index in [2.05, 4.69) is 10.3 Å². The molecular weight excluding hydrogens is 290 g/mol. The van der Waals surface area contributed by atoms with Crippen LogP contribution in [0.2, 0.25) is 5.02 Å². The predicted octanol–water partition coefficient (Wildman–Crippen LogP) is 2.14. The Hall–Kier alpha value is -1.17. The van der Waals surface area contributed by atoms with Crippen molar-refractivity contribution in [1.29, 1.82) is 0 Å². The van der Waals surface area contributed by atoms with Crippen LogP contribution in [0.3, 0.4) is 0 Å². The number of rotatable bonds is 6. The number of halogens is 1. The van der Waals surface area contributed by atoms with Crippen molar-refractivity contribution >= 4 is 17.5 Å². The molecule has 6 heteroatoms. The van der Waals surface area contributed by atoms with Crippen LogP contribution in [0.5, 0.6) is 0 Å². The summed E-state index contributed by atoms with van der Waals surface area (Å²) < 4.78 is 5.79. The molecule has 0 saturated heterocycles. The Balaban J connectivity index is 1.57. The van der Waals surface area contributed by atoms with Gasteiger partial charge < -0.3 is 15.8 Å². The van der Waals surface area contributed by atoms with Gasteiger partial charge in [0.1, 0.15) is 5.69 Å². The van der Waals surface area contributed by atoms with Gasteiger partial charge in [-0.2, -0.15) is 0 Å². The number of pyridine rings is 1. The van der Waals surface area contributed by atoms with Crippen molar-refractivity contribution in [3.8, 4) is 0 Å². The normalized spacial score (nSPS) is 22.0. The number of nitrogens with zero attached hydrogens (tertiary/aromatic N) is 1. The third kappa shape index (κ3) is 5.61. The molecule has 1 aromatic rings. The van der Waals surface area contributed by atoms with Gasteiger partial charge in [0.25, 0.3) is 5.91 Å². The van der Waals surface area contributed by atoms with Gasteiger partial charge in [0, 0.05) is 25.4 Å². The molecule has 0 atom stereocenters. The fraction of sp³-hybridized carbons (Fsp3) is 0.600. The van der Waals surface area contributed by atoms with E-state index in [0.717, 1.165) is 32.1 Å². The SMILES string of the molecule is NC1CCC(OCCCNC(=O)c2ccc(Cl)cn2)CC1. The zero-order chi connectivity index (χ0) is 15.1. The molecule has 5 nitrogen and oxygen atoms in total. The molecule has 0 radical (unpaired) electrons. The Labute approximate surface area is 130 Å². The van der Waals surface area contributed by atoms with Crippen LogP contribution < -0.4 is 11.1 Å². The smallest absolute Gasteiger partial charge is 0.269 e. The monoisotopic (exact) mass is 311 g/mol. The highest BCUT2D eigenvalue weighted by Gasteiger charge is 2.18. The van der Waals surface area contributed by atoms with Crippen LogP contribution in [0.15, 0.2) is 18.3 Å². The summed E-state index contributed by atoms with van der Waals surface area (Å²) in [5, 5.41) is 3.34. The van der Waals surface area contributed by atoms with Crippen LogP contribution in [0.25, 0.3) is 0 Å². The molecule has 1 fully saturated rings. The maximum absolute atomic E-state index is 11.8. The van der Waals surface area contributed by atoms with Gasteiger partial charge >= 0.3 is 0 Å².